The normalized spacial score (nSPS) is 14.0. The molecule has 1 aromatic carbocycles. The molecule has 0 heterocycles. The summed E-state index contributed by atoms with van der Waals surface area (Å²) in [5.74, 6) is -0.809. The van der Waals surface area contributed by atoms with Crippen molar-refractivity contribution in [2.45, 2.75) is 12.5 Å². The lowest BCUT2D eigenvalue weighted by Crippen LogP contribution is -2.51. The maximum Gasteiger partial charge on any atom is 0.327 e. The molecule has 0 fully saturated rings. The van der Waals surface area contributed by atoms with Crippen LogP contribution in [0, 0.1) is 5.82 Å². The van der Waals surface area contributed by atoms with Gasteiger partial charge < -0.3 is 15.8 Å². The first-order chi connectivity index (χ1) is 7.45. The van der Waals surface area contributed by atoms with E-state index < -0.39 is 11.5 Å². The lowest BCUT2D eigenvalue weighted by Gasteiger charge is -2.22. The highest BCUT2D eigenvalue weighted by Crippen LogP contribution is 2.10. The van der Waals surface area contributed by atoms with Crippen molar-refractivity contribution in [3.63, 3.8) is 0 Å². The summed E-state index contributed by atoms with van der Waals surface area (Å²) in [6.45, 7) is 1.78. The fraction of sp³-hybridized carbons (Fsp3) is 0.364. The minimum atomic E-state index is -1.11. The van der Waals surface area contributed by atoms with Gasteiger partial charge in [0.25, 0.3) is 0 Å². The fourth-order valence-electron chi connectivity index (χ4n) is 1.16. The molecule has 0 radical (unpaired) electrons. The smallest absolute Gasteiger partial charge is 0.327 e. The third-order valence-corrected chi connectivity index (χ3v) is 2.16. The number of benzene rings is 1. The number of halogens is 1. The van der Waals surface area contributed by atoms with Crippen LogP contribution in [0.1, 0.15) is 6.92 Å². The Morgan fingerprint density at radius 1 is 1.50 bits per heavy atom. The quantitative estimate of drug-likeness (QED) is 0.755. The van der Waals surface area contributed by atoms with Crippen molar-refractivity contribution in [1.29, 1.82) is 0 Å². The Bertz CT molecular complexity index is 363. The van der Waals surface area contributed by atoms with Crippen molar-refractivity contribution in [2.75, 3.05) is 19.0 Å². The predicted molar refractivity (Wildman–Crippen MR) is 59.5 cm³/mol. The van der Waals surface area contributed by atoms with E-state index in [-0.39, 0.29) is 12.4 Å². The Morgan fingerprint density at radius 3 is 2.56 bits per heavy atom. The van der Waals surface area contributed by atoms with Crippen molar-refractivity contribution in [2.24, 2.45) is 5.73 Å². The van der Waals surface area contributed by atoms with E-state index in [2.05, 4.69) is 10.1 Å². The summed E-state index contributed by atoms with van der Waals surface area (Å²) in [6.07, 6.45) is 0. The van der Waals surface area contributed by atoms with Gasteiger partial charge in [-0.15, -0.1) is 0 Å². The zero-order valence-corrected chi connectivity index (χ0v) is 9.29. The van der Waals surface area contributed by atoms with Crippen LogP contribution in [-0.4, -0.2) is 25.2 Å². The number of methoxy groups -OCH3 is 1. The molecule has 1 unspecified atom stereocenters. The molecule has 5 heteroatoms. The number of esters is 1. The standard InChI is InChI=1S/C11H15FN2O2/c1-11(13,10(15)16-2)7-14-9-5-3-8(12)4-6-9/h3-6,14H,7,13H2,1-2H3. The number of carbonyl (C=O) groups excluding carboxylic acids is 1. The predicted octanol–water partition coefficient (Wildman–Crippen LogP) is 1.13. The number of nitrogens with one attached hydrogen (secondary N) is 1. The van der Waals surface area contributed by atoms with Crippen LogP contribution < -0.4 is 11.1 Å². The van der Waals surface area contributed by atoms with E-state index in [1.165, 1.54) is 19.2 Å². The van der Waals surface area contributed by atoms with Crippen LogP contribution in [0.15, 0.2) is 24.3 Å². The summed E-state index contributed by atoms with van der Waals surface area (Å²) in [4.78, 5) is 11.3. The fourth-order valence-corrected chi connectivity index (χ4v) is 1.16. The van der Waals surface area contributed by atoms with Crippen molar-refractivity contribution in [3.8, 4) is 0 Å². The zero-order chi connectivity index (χ0) is 12.2. The highest BCUT2D eigenvalue weighted by atomic mass is 19.1. The van der Waals surface area contributed by atoms with Crippen LogP contribution in [0.25, 0.3) is 0 Å². The molecular weight excluding hydrogens is 211 g/mol. The van der Waals surface area contributed by atoms with E-state index in [0.29, 0.717) is 5.69 Å². The topological polar surface area (TPSA) is 64.3 Å². The van der Waals surface area contributed by atoms with Crippen molar-refractivity contribution >= 4 is 11.7 Å². The van der Waals surface area contributed by atoms with Gasteiger partial charge in [-0.05, 0) is 31.2 Å². The molecule has 16 heavy (non-hydrogen) atoms. The first kappa shape index (κ1) is 12.4. The molecule has 0 aliphatic heterocycles. The third kappa shape index (κ3) is 3.20. The van der Waals surface area contributed by atoms with E-state index in [9.17, 15) is 9.18 Å². The molecule has 0 saturated heterocycles. The Kier molecular flexibility index (Phi) is 3.84. The minimum absolute atomic E-state index is 0.214. The molecule has 0 spiro atoms. The largest absolute Gasteiger partial charge is 0.468 e. The number of hydrogen-bond donors (Lipinski definition) is 2. The second-order valence-electron chi connectivity index (χ2n) is 3.77. The summed E-state index contributed by atoms with van der Waals surface area (Å²) in [7, 11) is 1.28. The summed E-state index contributed by atoms with van der Waals surface area (Å²) in [5, 5.41) is 2.93. The number of nitrogens with two attached hydrogens (primary N) is 1. The molecular formula is C11H15FN2O2. The van der Waals surface area contributed by atoms with Crippen molar-refractivity contribution < 1.29 is 13.9 Å². The maximum atomic E-state index is 12.6. The maximum absolute atomic E-state index is 12.6. The van der Waals surface area contributed by atoms with E-state index in [1.54, 1.807) is 19.1 Å². The van der Waals surface area contributed by atoms with E-state index >= 15 is 0 Å². The van der Waals surface area contributed by atoms with Crippen LogP contribution in [0.2, 0.25) is 0 Å². The Labute approximate surface area is 93.6 Å². The van der Waals surface area contributed by atoms with Gasteiger partial charge in [-0.3, -0.25) is 4.79 Å². The average Bonchev–Trinajstić information content (AvgIpc) is 2.27. The van der Waals surface area contributed by atoms with Gasteiger partial charge >= 0.3 is 5.97 Å². The molecule has 0 aliphatic carbocycles. The molecule has 3 N–H and O–H groups in total. The van der Waals surface area contributed by atoms with Crippen LogP contribution in [0.4, 0.5) is 10.1 Å². The average molecular weight is 226 g/mol. The van der Waals surface area contributed by atoms with Gasteiger partial charge in [-0.1, -0.05) is 0 Å². The highest BCUT2D eigenvalue weighted by Gasteiger charge is 2.28. The number of carbonyl (C=O) groups is 1. The van der Waals surface area contributed by atoms with Gasteiger partial charge in [0.1, 0.15) is 11.4 Å². The van der Waals surface area contributed by atoms with Crippen LogP contribution in [0.3, 0.4) is 0 Å². The third-order valence-electron chi connectivity index (χ3n) is 2.16. The van der Waals surface area contributed by atoms with Crippen molar-refractivity contribution in [1.82, 2.24) is 0 Å². The zero-order valence-electron chi connectivity index (χ0n) is 9.29. The molecule has 0 saturated carbocycles. The molecule has 88 valence electrons. The Balaban J connectivity index is 2.57. The molecule has 0 aliphatic rings. The van der Waals surface area contributed by atoms with Gasteiger partial charge in [0.2, 0.25) is 0 Å². The van der Waals surface area contributed by atoms with Crippen molar-refractivity contribution in [3.05, 3.63) is 30.1 Å². The van der Waals surface area contributed by atoms with Gasteiger partial charge in [0.15, 0.2) is 0 Å². The SMILES string of the molecule is COC(=O)C(C)(N)CNc1ccc(F)cc1. The molecule has 0 aromatic heterocycles. The molecule has 1 rings (SSSR count). The molecule has 0 amide bonds. The van der Waals surface area contributed by atoms with E-state index in [0.717, 1.165) is 0 Å². The lowest BCUT2D eigenvalue weighted by molar-refractivity contribution is -0.145. The number of hydrogen-bond acceptors (Lipinski definition) is 4. The summed E-state index contributed by atoms with van der Waals surface area (Å²) in [5.41, 5.74) is 5.33. The summed E-state index contributed by atoms with van der Waals surface area (Å²) >= 11 is 0. The second-order valence-corrected chi connectivity index (χ2v) is 3.77. The van der Waals surface area contributed by atoms with Gasteiger partial charge in [0.05, 0.1) is 7.11 Å². The number of anilines is 1. The van der Waals surface area contributed by atoms with Crippen LogP contribution in [0.5, 0.6) is 0 Å². The first-order valence-electron chi connectivity index (χ1n) is 4.82. The van der Waals surface area contributed by atoms with E-state index in [4.69, 9.17) is 5.73 Å². The Morgan fingerprint density at radius 2 is 2.06 bits per heavy atom. The monoisotopic (exact) mass is 226 g/mol. The van der Waals surface area contributed by atoms with Crippen LogP contribution in [-0.2, 0) is 9.53 Å². The number of rotatable bonds is 4. The van der Waals surface area contributed by atoms with Gasteiger partial charge in [-0.2, -0.15) is 0 Å². The minimum Gasteiger partial charge on any atom is -0.468 e. The Hall–Kier alpha value is -1.62. The molecule has 4 nitrogen and oxygen atoms in total. The summed E-state index contributed by atoms with van der Waals surface area (Å²) < 4.78 is 17.2. The summed E-state index contributed by atoms with van der Waals surface area (Å²) in [6, 6.07) is 5.80. The van der Waals surface area contributed by atoms with Gasteiger partial charge in [-0.25, -0.2) is 4.39 Å². The second kappa shape index (κ2) is 4.94. The number of ether oxygens (including phenoxy) is 1. The molecule has 0 bridgehead atoms. The lowest BCUT2D eigenvalue weighted by atomic mass is 10.0. The van der Waals surface area contributed by atoms with Gasteiger partial charge in [0, 0.05) is 12.2 Å². The molecule has 1 aromatic rings. The van der Waals surface area contributed by atoms with Crippen LogP contribution >= 0.6 is 0 Å². The van der Waals surface area contributed by atoms with E-state index in [1.807, 2.05) is 0 Å². The molecule has 1 atom stereocenters. The first-order valence-corrected chi connectivity index (χ1v) is 4.82. The highest BCUT2D eigenvalue weighted by molar-refractivity contribution is 5.80.